The monoisotopic (exact) mass is 251 g/mol. The quantitative estimate of drug-likeness (QED) is 0.911. The van der Waals surface area contributed by atoms with Gasteiger partial charge in [0.1, 0.15) is 11.6 Å². The zero-order valence-electron chi connectivity index (χ0n) is 9.03. The summed E-state index contributed by atoms with van der Waals surface area (Å²) in [6, 6.07) is 4.88. The molecule has 0 fully saturated rings. The molecular formula is C12H11ClFN3. The van der Waals surface area contributed by atoms with Gasteiger partial charge in [-0.15, -0.1) is 0 Å². The number of benzene rings is 1. The van der Waals surface area contributed by atoms with E-state index in [1.165, 1.54) is 6.07 Å². The van der Waals surface area contributed by atoms with Crippen LogP contribution < -0.4 is 5.73 Å². The first kappa shape index (κ1) is 12.0. The zero-order chi connectivity index (χ0) is 12.3. The van der Waals surface area contributed by atoms with Crippen molar-refractivity contribution in [2.24, 2.45) is 5.73 Å². The summed E-state index contributed by atoms with van der Waals surface area (Å²) in [6.07, 6.45) is 3.60. The van der Waals surface area contributed by atoms with Crippen molar-refractivity contribution in [3.05, 3.63) is 58.4 Å². The van der Waals surface area contributed by atoms with Gasteiger partial charge < -0.3 is 5.73 Å². The number of nitrogens with two attached hydrogens (primary N) is 1. The molecule has 0 radical (unpaired) electrons. The highest BCUT2D eigenvalue weighted by molar-refractivity contribution is 6.30. The Balaban J connectivity index is 2.22. The van der Waals surface area contributed by atoms with Crippen LogP contribution in [0.2, 0.25) is 5.02 Å². The number of halogens is 2. The van der Waals surface area contributed by atoms with Crippen LogP contribution in [-0.4, -0.2) is 9.97 Å². The Labute approximate surface area is 103 Å². The van der Waals surface area contributed by atoms with Crippen molar-refractivity contribution in [2.45, 2.75) is 13.0 Å². The Kier molecular flexibility index (Phi) is 3.66. The zero-order valence-corrected chi connectivity index (χ0v) is 9.78. The van der Waals surface area contributed by atoms with Crippen LogP contribution in [-0.2, 0) is 13.0 Å². The molecule has 88 valence electrons. The Bertz CT molecular complexity index is 514. The van der Waals surface area contributed by atoms with Crippen molar-refractivity contribution in [3.63, 3.8) is 0 Å². The molecule has 0 saturated heterocycles. The predicted molar refractivity (Wildman–Crippen MR) is 64.1 cm³/mol. The minimum Gasteiger partial charge on any atom is -0.326 e. The van der Waals surface area contributed by atoms with Gasteiger partial charge in [-0.1, -0.05) is 23.7 Å². The summed E-state index contributed by atoms with van der Waals surface area (Å²) in [5.74, 6) is 0.129. The lowest BCUT2D eigenvalue weighted by Crippen LogP contribution is -2.02. The molecule has 0 spiro atoms. The Morgan fingerprint density at radius 3 is 2.59 bits per heavy atom. The van der Waals surface area contributed by atoms with Crippen LogP contribution in [0, 0.1) is 5.82 Å². The summed E-state index contributed by atoms with van der Waals surface area (Å²) >= 11 is 5.70. The number of nitrogens with zero attached hydrogens (tertiary/aromatic N) is 2. The van der Waals surface area contributed by atoms with Crippen LogP contribution in [0.15, 0.2) is 30.6 Å². The van der Waals surface area contributed by atoms with E-state index in [9.17, 15) is 4.39 Å². The summed E-state index contributed by atoms with van der Waals surface area (Å²) in [4.78, 5) is 8.23. The second kappa shape index (κ2) is 5.21. The number of rotatable bonds is 3. The molecular weight excluding hydrogens is 241 g/mol. The van der Waals surface area contributed by atoms with Crippen molar-refractivity contribution >= 4 is 11.6 Å². The van der Waals surface area contributed by atoms with E-state index in [-0.39, 0.29) is 5.02 Å². The Hall–Kier alpha value is -1.52. The van der Waals surface area contributed by atoms with Crippen molar-refractivity contribution in [2.75, 3.05) is 0 Å². The molecule has 0 bridgehead atoms. The van der Waals surface area contributed by atoms with E-state index in [0.717, 1.165) is 5.56 Å². The van der Waals surface area contributed by atoms with Crippen LogP contribution in [0.3, 0.4) is 0 Å². The average molecular weight is 252 g/mol. The third kappa shape index (κ3) is 2.78. The van der Waals surface area contributed by atoms with Gasteiger partial charge in [-0.2, -0.15) is 0 Å². The molecule has 0 unspecified atom stereocenters. The minimum absolute atomic E-state index is 0.112. The van der Waals surface area contributed by atoms with E-state index in [1.807, 2.05) is 0 Å². The molecule has 2 N–H and O–H groups in total. The van der Waals surface area contributed by atoms with Gasteiger partial charge in [-0.25, -0.2) is 14.4 Å². The molecule has 1 heterocycles. The summed E-state index contributed by atoms with van der Waals surface area (Å²) in [5.41, 5.74) is 6.77. The second-order valence-electron chi connectivity index (χ2n) is 3.60. The predicted octanol–water partition coefficient (Wildman–Crippen LogP) is 2.32. The molecule has 0 aliphatic heterocycles. The normalized spacial score (nSPS) is 10.5. The summed E-state index contributed by atoms with van der Waals surface area (Å²) in [7, 11) is 0. The third-order valence-corrected chi connectivity index (χ3v) is 2.67. The van der Waals surface area contributed by atoms with E-state index in [4.69, 9.17) is 17.3 Å². The van der Waals surface area contributed by atoms with Gasteiger partial charge in [0, 0.05) is 30.9 Å². The smallest absolute Gasteiger partial charge is 0.145 e. The molecule has 2 rings (SSSR count). The van der Waals surface area contributed by atoms with Gasteiger partial charge in [-0.3, -0.25) is 0 Å². The second-order valence-corrected chi connectivity index (χ2v) is 4.01. The van der Waals surface area contributed by atoms with E-state index in [2.05, 4.69) is 9.97 Å². The molecule has 0 saturated carbocycles. The largest absolute Gasteiger partial charge is 0.326 e. The Morgan fingerprint density at radius 2 is 1.94 bits per heavy atom. The molecule has 0 aliphatic rings. The first-order valence-corrected chi connectivity index (χ1v) is 5.51. The van der Waals surface area contributed by atoms with E-state index in [1.54, 1.807) is 24.5 Å². The van der Waals surface area contributed by atoms with Crippen molar-refractivity contribution in [1.82, 2.24) is 9.97 Å². The molecule has 0 atom stereocenters. The molecule has 1 aromatic carbocycles. The highest BCUT2D eigenvalue weighted by atomic mass is 35.5. The maximum Gasteiger partial charge on any atom is 0.145 e. The fourth-order valence-corrected chi connectivity index (χ4v) is 1.63. The molecule has 0 aliphatic carbocycles. The van der Waals surface area contributed by atoms with Crippen molar-refractivity contribution in [3.8, 4) is 0 Å². The van der Waals surface area contributed by atoms with E-state index < -0.39 is 5.82 Å². The molecule has 2 aromatic rings. The molecule has 17 heavy (non-hydrogen) atoms. The number of hydrogen-bond acceptors (Lipinski definition) is 3. The standard InChI is InChI=1S/C12H11ClFN3/c13-10-3-1-2-9(12(10)14)4-11-16-6-8(5-15)7-17-11/h1-3,6-7H,4-5,15H2. The minimum atomic E-state index is -0.416. The van der Waals surface area contributed by atoms with Crippen LogP contribution in [0.4, 0.5) is 4.39 Å². The summed E-state index contributed by atoms with van der Waals surface area (Å²) in [5, 5.41) is 0.112. The SMILES string of the molecule is NCc1cnc(Cc2cccc(Cl)c2F)nc1. The summed E-state index contributed by atoms with van der Waals surface area (Å²) in [6.45, 7) is 0.395. The molecule has 1 aromatic heterocycles. The lowest BCUT2D eigenvalue weighted by molar-refractivity contribution is 0.612. The maximum absolute atomic E-state index is 13.6. The fraction of sp³-hybridized carbons (Fsp3) is 0.167. The van der Waals surface area contributed by atoms with Gasteiger partial charge in [0.25, 0.3) is 0 Å². The van der Waals surface area contributed by atoms with Crippen LogP contribution in [0.25, 0.3) is 0 Å². The van der Waals surface area contributed by atoms with E-state index >= 15 is 0 Å². The lowest BCUT2D eigenvalue weighted by Gasteiger charge is -2.04. The summed E-state index contributed by atoms with van der Waals surface area (Å²) < 4.78 is 13.6. The van der Waals surface area contributed by atoms with Crippen molar-refractivity contribution < 1.29 is 4.39 Å². The Morgan fingerprint density at radius 1 is 1.24 bits per heavy atom. The first-order chi connectivity index (χ1) is 8.20. The van der Waals surface area contributed by atoms with E-state index in [0.29, 0.717) is 24.4 Å². The lowest BCUT2D eigenvalue weighted by atomic mass is 10.1. The highest BCUT2D eigenvalue weighted by Gasteiger charge is 2.08. The maximum atomic E-state index is 13.6. The third-order valence-electron chi connectivity index (χ3n) is 2.37. The van der Waals surface area contributed by atoms with Crippen LogP contribution in [0.1, 0.15) is 17.0 Å². The molecule has 0 amide bonds. The molecule has 3 nitrogen and oxygen atoms in total. The molecule has 5 heteroatoms. The number of aromatic nitrogens is 2. The topological polar surface area (TPSA) is 51.8 Å². The highest BCUT2D eigenvalue weighted by Crippen LogP contribution is 2.19. The average Bonchev–Trinajstić information content (AvgIpc) is 2.36. The van der Waals surface area contributed by atoms with Gasteiger partial charge in [0.15, 0.2) is 0 Å². The fourth-order valence-electron chi connectivity index (χ4n) is 1.43. The first-order valence-electron chi connectivity index (χ1n) is 5.13. The van der Waals surface area contributed by atoms with Crippen LogP contribution >= 0.6 is 11.6 Å². The van der Waals surface area contributed by atoms with Gasteiger partial charge in [-0.05, 0) is 11.6 Å². The number of hydrogen-bond donors (Lipinski definition) is 1. The van der Waals surface area contributed by atoms with Gasteiger partial charge in [0.05, 0.1) is 5.02 Å². The van der Waals surface area contributed by atoms with Gasteiger partial charge >= 0.3 is 0 Å². The van der Waals surface area contributed by atoms with Crippen molar-refractivity contribution in [1.29, 1.82) is 0 Å². The van der Waals surface area contributed by atoms with Gasteiger partial charge in [0.2, 0.25) is 0 Å². The van der Waals surface area contributed by atoms with Crippen LogP contribution in [0.5, 0.6) is 0 Å².